The molecule has 0 aliphatic rings. The van der Waals surface area contributed by atoms with E-state index in [1.54, 1.807) is 0 Å². The average Bonchev–Trinajstić information content (AvgIpc) is 2.08. The van der Waals surface area contributed by atoms with Gasteiger partial charge in [0.2, 0.25) is 0 Å². The zero-order chi connectivity index (χ0) is 9.30. The van der Waals surface area contributed by atoms with E-state index in [4.69, 9.17) is 5.73 Å². The van der Waals surface area contributed by atoms with Gasteiger partial charge >= 0.3 is 0 Å². The molecule has 0 unspecified atom stereocenters. The van der Waals surface area contributed by atoms with E-state index in [1.165, 1.54) is 0 Å². The molecule has 0 radical (unpaired) electrons. The van der Waals surface area contributed by atoms with Crippen molar-refractivity contribution >= 4 is 15.9 Å². The van der Waals surface area contributed by atoms with E-state index in [0.717, 1.165) is 6.07 Å². The summed E-state index contributed by atoms with van der Waals surface area (Å²) < 4.78 is 37.7. The van der Waals surface area contributed by atoms with Gasteiger partial charge in [-0.25, -0.2) is 13.2 Å². The Kier molecular flexibility index (Phi) is 2.74. The fraction of sp³-hybridized carbons (Fsp3) is 0.143. The summed E-state index contributed by atoms with van der Waals surface area (Å²) in [5, 5.41) is 0. The van der Waals surface area contributed by atoms with Crippen LogP contribution in [0.25, 0.3) is 0 Å². The Morgan fingerprint density at radius 2 is 1.83 bits per heavy atom. The molecule has 0 saturated carbocycles. The smallest absolute Gasteiger partial charge is 0.176 e. The van der Waals surface area contributed by atoms with Gasteiger partial charge in [-0.2, -0.15) is 0 Å². The zero-order valence-corrected chi connectivity index (χ0v) is 7.46. The molecular formula is C7H5BrF3N. The summed E-state index contributed by atoms with van der Waals surface area (Å²) in [5.41, 5.74) is 4.88. The Labute approximate surface area is 75.5 Å². The Balaban J connectivity index is 3.39. The molecule has 12 heavy (non-hydrogen) atoms. The lowest BCUT2D eigenvalue weighted by Gasteiger charge is -2.03. The van der Waals surface area contributed by atoms with Crippen molar-refractivity contribution in [3.8, 4) is 0 Å². The Bertz CT molecular complexity index is 314. The second-order valence-corrected chi connectivity index (χ2v) is 2.96. The molecule has 0 bridgehead atoms. The van der Waals surface area contributed by atoms with Crippen LogP contribution >= 0.6 is 15.9 Å². The minimum Gasteiger partial charge on any atom is -0.326 e. The lowest BCUT2D eigenvalue weighted by atomic mass is 10.2. The van der Waals surface area contributed by atoms with Crippen molar-refractivity contribution in [2.75, 3.05) is 0 Å². The Hall–Kier alpha value is -0.550. The van der Waals surface area contributed by atoms with E-state index in [9.17, 15) is 13.2 Å². The van der Waals surface area contributed by atoms with Crippen LogP contribution in [0.15, 0.2) is 10.5 Å². The van der Waals surface area contributed by atoms with Crippen LogP contribution in [0.1, 0.15) is 5.56 Å². The number of rotatable bonds is 1. The fourth-order valence-corrected chi connectivity index (χ4v) is 1.06. The molecule has 0 spiro atoms. The first-order chi connectivity index (χ1) is 5.57. The van der Waals surface area contributed by atoms with Gasteiger partial charge in [0.15, 0.2) is 11.6 Å². The molecule has 0 aliphatic carbocycles. The molecule has 2 N–H and O–H groups in total. The molecule has 5 heteroatoms. The van der Waals surface area contributed by atoms with E-state index in [-0.39, 0.29) is 12.1 Å². The maximum absolute atomic E-state index is 12.8. The van der Waals surface area contributed by atoms with Crippen LogP contribution in [0.4, 0.5) is 13.2 Å². The highest BCUT2D eigenvalue weighted by molar-refractivity contribution is 9.10. The van der Waals surface area contributed by atoms with Crippen LogP contribution in [-0.4, -0.2) is 0 Å². The molecule has 0 atom stereocenters. The monoisotopic (exact) mass is 239 g/mol. The number of halogens is 4. The van der Waals surface area contributed by atoms with E-state index >= 15 is 0 Å². The van der Waals surface area contributed by atoms with Gasteiger partial charge in [0.1, 0.15) is 5.82 Å². The summed E-state index contributed by atoms with van der Waals surface area (Å²) in [6, 6.07) is 0.864. The highest BCUT2D eigenvalue weighted by atomic mass is 79.9. The van der Waals surface area contributed by atoms with E-state index in [0.29, 0.717) is 0 Å². The van der Waals surface area contributed by atoms with E-state index < -0.39 is 21.9 Å². The molecule has 0 saturated heterocycles. The molecule has 0 amide bonds. The van der Waals surface area contributed by atoms with Gasteiger partial charge in [-0.1, -0.05) is 0 Å². The van der Waals surface area contributed by atoms with Gasteiger partial charge in [-0.05, 0) is 22.0 Å². The van der Waals surface area contributed by atoms with Crippen LogP contribution in [0.2, 0.25) is 0 Å². The van der Waals surface area contributed by atoms with Crippen LogP contribution < -0.4 is 5.73 Å². The summed E-state index contributed by atoms with van der Waals surface area (Å²) in [6.45, 7) is -0.229. The number of hydrogen-bond donors (Lipinski definition) is 1. The topological polar surface area (TPSA) is 26.0 Å². The van der Waals surface area contributed by atoms with Gasteiger partial charge in [-0.15, -0.1) is 0 Å². The maximum atomic E-state index is 12.8. The fourth-order valence-electron chi connectivity index (χ4n) is 0.770. The van der Waals surface area contributed by atoms with Gasteiger partial charge in [0.05, 0.1) is 4.47 Å². The Morgan fingerprint density at radius 3 is 2.33 bits per heavy atom. The SMILES string of the molecule is NCc1cc(F)c(Br)c(F)c1F. The third-order valence-corrected chi connectivity index (χ3v) is 2.12. The second kappa shape index (κ2) is 3.45. The van der Waals surface area contributed by atoms with Crippen molar-refractivity contribution in [1.82, 2.24) is 0 Å². The first-order valence-corrected chi connectivity index (χ1v) is 3.89. The summed E-state index contributed by atoms with van der Waals surface area (Å²) in [6.07, 6.45) is 0. The molecule has 1 aromatic carbocycles. The maximum Gasteiger partial charge on any atom is 0.176 e. The average molecular weight is 240 g/mol. The summed E-state index contributed by atoms with van der Waals surface area (Å²) in [7, 11) is 0. The molecule has 1 nitrogen and oxygen atoms in total. The highest BCUT2D eigenvalue weighted by Crippen LogP contribution is 2.24. The minimum absolute atomic E-state index is 0.173. The first-order valence-electron chi connectivity index (χ1n) is 3.10. The zero-order valence-electron chi connectivity index (χ0n) is 5.87. The van der Waals surface area contributed by atoms with Gasteiger partial charge in [-0.3, -0.25) is 0 Å². The van der Waals surface area contributed by atoms with Crippen LogP contribution in [0.5, 0.6) is 0 Å². The molecular weight excluding hydrogens is 235 g/mol. The summed E-state index contributed by atoms with van der Waals surface area (Å²) in [5.74, 6) is -3.20. The normalized spacial score (nSPS) is 10.4. The van der Waals surface area contributed by atoms with Gasteiger partial charge in [0, 0.05) is 12.1 Å². The van der Waals surface area contributed by atoms with Crippen LogP contribution in [-0.2, 0) is 6.54 Å². The molecule has 66 valence electrons. The van der Waals surface area contributed by atoms with Crippen molar-refractivity contribution in [3.63, 3.8) is 0 Å². The molecule has 0 aliphatic heterocycles. The number of hydrogen-bond acceptors (Lipinski definition) is 1. The minimum atomic E-state index is -1.24. The van der Waals surface area contributed by atoms with Gasteiger partial charge in [0.25, 0.3) is 0 Å². The standard InChI is InChI=1S/C7H5BrF3N/c8-5-4(9)1-3(2-12)6(10)7(5)11/h1H,2,12H2. The summed E-state index contributed by atoms with van der Waals surface area (Å²) >= 11 is 2.56. The van der Waals surface area contributed by atoms with E-state index in [2.05, 4.69) is 15.9 Å². The number of nitrogens with two attached hydrogens (primary N) is 1. The van der Waals surface area contributed by atoms with Crippen molar-refractivity contribution in [2.24, 2.45) is 5.73 Å². The lowest BCUT2D eigenvalue weighted by molar-refractivity contribution is 0.478. The van der Waals surface area contributed by atoms with Crippen molar-refractivity contribution in [1.29, 1.82) is 0 Å². The van der Waals surface area contributed by atoms with Crippen molar-refractivity contribution in [3.05, 3.63) is 33.6 Å². The molecule has 1 aromatic rings. The Morgan fingerprint density at radius 1 is 1.25 bits per heavy atom. The quantitative estimate of drug-likeness (QED) is 0.591. The molecule has 0 heterocycles. The predicted molar refractivity (Wildman–Crippen MR) is 41.9 cm³/mol. The summed E-state index contributed by atoms with van der Waals surface area (Å²) in [4.78, 5) is 0. The molecule has 1 rings (SSSR count). The predicted octanol–water partition coefficient (Wildman–Crippen LogP) is 2.33. The third kappa shape index (κ3) is 1.47. The number of benzene rings is 1. The lowest BCUT2D eigenvalue weighted by Crippen LogP contribution is -2.04. The third-order valence-electron chi connectivity index (χ3n) is 1.40. The van der Waals surface area contributed by atoms with Crippen LogP contribution in [0, 0.1) is 17.5 Å². The molecule has 0 aromatic heterocycles. The van der Waals surface area contributed by atoms with Crippen molar-refractivity contribution in [2.45, 2.75) is 6.54 Å². The van der Waals surface area contributed by atoms with E-state index in [1.807, 2.05) is 0 Å². The highest BCUT2D eigenvalue weighted by Gasteiger charge is 2.15. The van der Waals surface area contributed by atoms with Crippen LogP contribution in [0.3, 0.4) is 0 Å². The van der Waals surface area contributed by atoms with Crippen molar-refractivity contribution < 1.29 is 13.2 Å². The van der Waals surface area contributed by atoms with Gasteiger partial charge < -0.3 is 5.73 Å². The first kappa shape index (κ1) is 9.54. The largest absolute Gasteiger partial charge is 0.326 e. The second-order valence-electron chi connectivity index (χ2n) is 2.16. The molecule has 0 fully saturated rings.